The van der Waals surface area contributed by atoms with Crippen molar-refractivity contribution in [3.8, 4) is 0 Å². The molecule has 1 aromatic heterocycles. The molecule has 0 radical (unpaired) electrons. The average molecular weight is 456 g/mol. The second-order valence-electron chi connectivity index (χ2n) is 6.74. The number of benzene rings is 2. The second kappa shape index (κ2) is 7.71. The quantitative estimate of drug-likeness (QED) is 0.450. The lowest BCUT2D eigenvalue weighted by Crippen LogP contribution is -2.33. The van der Waals surface area contributed by atoms with Gasteiger partial charge in [0.15, 0.2) is 0 Å². The fraction of sp³-hybridized carbons (Fsp3) is 0.190. The van der Waals surface area contributed by atoms with Crippen molar-refractivity contribution in [2.24, 2.45) is 0 Å². The number of hydrogen-bond acceptors (Lipinski definition) is 4. The number of rotatable bonds is 5. The summed E-state index contributed by atoms with van der Waals surface area (Å²) < 4.78 is 6.01. The number of aromatic amines is 1. The van der Waals surface area contributed by atoms with E-state index in [1.54, 1.807) is 6.92 Å². The van der Waals surface area contributed by atoms with Crippen LogP contribution < -0.4 is 5.32 Å². The summed E-state index contributed by atoms with van der Waals surface area (Å²) in [6, 6.07) is 14.0. The normalized spacial score (nSPS) is 14.9. The molecule has 3 amide bonds. The first-order valence-corrected chi connectivity index (χ1v) is 9.87. The van der Waals surface area contributed by atoms with E-state index in [1.165, 1.54) is 4.90 Å². The van der Waals surface area contributed by atoms with Gasteiger partial charge in [-0.2, -0.15) is 0 Å². The number of urea groups is 1. The van der Waals surface area contributed by atoms with Crippen molar-refractivity contribution >= 4 is 44.7 Å². The van der Waals surface area contributed by atoms with Crippen LogP contribution in [0.1, 0.15) is 34.6 Å². The summed E-state index contributed by atoms with van der Waals surface area (Å²) in [7, 11) is 0. The van der Waals surface area contributed by atoms with Gasteiger partial charge < -0.3 is 15.0 Å². The molecule has 1 unspecified atom stereocenters. The summed E-state index contributed by atoms with van der Waals surface area (Å²) >= 11 is 3.48. The molecule has 1 saturated heterocycles. The van der Waals surface area contributed by atoms with E-state index in [4.69, 9.17) is 4.74 Å². The lowest BCUT2D eigenvalue weighted by molar-refractivity contribution is -0.126. The number of para-hydroxylation sites is 1. The van der Waals surface area contributed by atoms with Gasteiger partial charge in [0.05, 0.1) is 22.6 Å². The predicted molar refractivity (Wildman–Crippen MR) is 110 cm³/mol. The maximum absolute atomic E-state index is 12.6. The zero-order valence-corrected chi connectivity index (χ0v) is 17.2. The van der Waals surface area contributed by atoms with Crippen LogP contribution in [0.15, 0.2) is 53.0 Å². The molecule has 148 valence electrons. The first kappa shape index (κ1) is 19.2. The Labute approximate surface area is 175 Å². The van der Waals surface area contributed by atoms with E-state index < -0.39 is 18.0 Å². The Bertz CT molecular complexity index is 1090. The van der Waals surface area contributed by atoms with Crippen molar-refractivity contribution in [3.63, 3.8) is 0 Å². The molecule has 0 spiro atoms. The van der Waals surface area contributed by atoms with E-state index in [0.717, 1.165) is 16.5 Å². The van der Waals surface area contributed by atoms with E-state index in [2.05, 4.69) is 26.2 Å². The van der Waals surface area contributed by atoms with Crippen molar-refractivity contribution in [2.45, 2.75) is 19.6 Å². The maximum Gasteiger partial charge on any atom is 0.356 e. The lowest BCUT2D eigenvalue weighted by atomic mass is 10.0. The number of imide groups is 1. The number of amides is 3. The Morgan fingerprint density at radius 3 is 2.62 bits per heavy atom. The van der Waals surface area contributed by atoms with Crippen molar-refractivity contribution in [1.82, 2.24) is 15.2 Å². The van der Waals surface area contributed by atoms with Crippen LogP contribution in [0.5, 0.6) is 0 Å². The summed E-state index contributed by atoms with van der Waals surface area (Å²) in [5.41, 5.74) is 2.58. The maximum atomic E-state index is 12.6. The minimum atomic E-state index is -0.495. The molecule has 1 fully saturated rings. The Morgan fingerprint density at radius 2 is 1.93 bits per heavy atom. The van der Waals surface area contributed by atoms with Gasteiger partial charge in [0, 0.05) is 5.39 Å². The van der Waals surface area contributed by atoms with Crippen molar-refractivity contribution in [1.29, 1.82) is 0 Å². The number of hydrogen-bond donors (Lipinski definition) is 2. The first-order chi connectivity index (χ1) is 14.0. The highest BCUT2D eigenvalue weighted by Gasteiger charge is 2.34. The van der Waals surface area contributed by atoms with Crippen LogP contribution in [-0.4, -0.2) is 34.3 Å². The summed E-state index contributed by atoms with van der Waals surface area (Å²) in [4.78, 5) is 41.1. The van der Waals surface area contributed by atoms with Crippen LogP contribution in [0, 0.1) is 0 Å². The summed E-state index contributed by atoms with van der Waals surface area (Å²) in [5.74, 6) is -0.779. The molecule has 8 heteroatoms. The monoisotopic (exact) mass is 455 g/mol. The van der Waals surface area contributed by atoms with Crippen LogP contribution >= 0.6 is 15.9 Å². The van der Waals surface area contributed by atoms with E-state index in [-0.39, 0.29) is 24.8 Å². The van der Waals surface area contributed by atoms with Crippen LogP contribution in [-0.2, 0) is 16.1 Å². The number of halogens is 1. The van der Waals surface area contributed by atoms with Crippen molar-refractivity contribution < 1.29 is 19.1 Å². The molecule has 3 aromatic rings. The number of aromatic nitrogens is 1. The molecule has 0 aliphatic carbocycles. The van der Waals surface area contributed by atoms with Crippen LogP contribution in [0.4, 0.5) is 4.79 Å². The predicted octanol–water partition coefficient (Wildman–Crippen LogP) is 3.90. The second-order valence-corrected chi connectivity index (χ2v) is 7.54. The minimum absolute atomic E-state index is 0.00929. The molecule has 29 heavy (non-hydrogen) atoms. The number of esters is 1. The van der Waals surface area contributed by atoms with E-state index in [9.17, 15) is 14.4 Å². The molecular weight excluding hydrogens is 438 g/mol. The van der Waals surface area contributed by atoms with Gasteiger partial charge in [0.1, 0.15) is 12.3 Å². The average Bonchev–Trinajstić information content (AvgIpc) is 3.25. The molecule has 2 heterocycles. The van der Waals surface area contributed by atoms with Gasteiger partial charge in [-0.15, -0.1) is 0 Å². The third kappa shape index (κ3) is 3.51. The number of nitrogens with one attached hydrogen (secondary N) is 2. The van der Waals surface area contributed by atoms with Gasteiger partial charge in [-0.1, -0.05) is 48.5 Å². The van der Waals surface area contributed by atoms with Crippen molar-refractivity contribution in [3.05, 3.63) is 69.8 Å². The molecule has 7 nitrogen and oxygen atoms in total. The molecular formula is C21H18BrN3O4. The summed E-state index contributed by atoms with van der Waals surface area (Å²) in [6.45, 7) is 1.93. The Kier molecular flexibility index (Phi) is 5.10. The highest BCUT2D eigenvalue weighted by Crippen LogP contribution is 2.35. The van der Waals surface area contributed by atoms with Crippen LogP contribution in [0.2, 0.25) is 0 Å². The third-order valence-electron chi connectivity index (χ3n) is 4.94. The third-order valence-corrected chi connectivity index (χ3v) is 5.76. The van der Waals surface area contributed by atoms with Crippen LogP contribution in [0.25, 0.3) is 10.9 Å². The molecule has 1 atom stereocenters. The highest BCUT2D eigenvalue weighted by molar-refractivity contribution is 9.10. The number of carbonyl (C=O) groups is 3. The standard InChI is InChI=1S/C21H18BrN3O4/c1-12(25-16(26)10-23-21(25)28)14-8-5-9-15-17(22)19(24-18(14)15)20(27)29-11-13-6-3-2-4-7-13/h2-9,12,24H,10-11H2,1H3,(H,23,28). The zero-order chi connectivity index (χ0) is 20.5. The Morgan fingerprint density at radius 1 is 1.17 bits per heavy atom. The largest absolute Gasteiger partial charge is 0.456 e. The number of H-pyrrole nitrogens is 1. The van der Waals surface area contributed by atoms with E-state index in [1.807, 2.05) is 48.5 Å². The SMILES string of the molecule is CC(c1cccc2c(Br)c(C(=O)OCc3ccccc3)[nH]c12)N1C(=O)CNC1=O. The van der Waals surface area contributed by atoms with E-state index >= 15 is 0 Å². The van der Waals surface area contributed by atoms with Gasteiger partial charge in [0.25, 0.3) is 5.91 Å². The summed E-state index contributed by atoms with van der Waals surface area (Å²) in [5, 5.41) is 3.30. The fourth-order valence-electron chi connectivity index (χ4n) is 3.46. The number of ether oxygens (including phenoxy) is 1. The molecule has 1 aliphatic rings. The molecule has 1 aliphatic heterocycles. The fourth-order valence-corrected chi connectivity index (χ4v) is 4.05. The van der Waals surface area contributed by atoms with Crippen LogP contribution in [0.3, 0.4) is 0 Å². The van der Waals surface area contributed by atoms with E-state index in [0.29, 0.717) is 9.99 Å². The molecule has 2 N–H and O–H groups in total. The lowest BCUT2D eigenvalue weighted by Gasteiger charge is -2.22. The number of carbonyl (C=O) groups excluding carboxylic acids is 3. The molecule has 2 aromatic carbocycles. The topological polar surface area (TPSA) is 91.5 Å². The van der Waals surface area contributed by atoms with Gasteiger partial charge in [-0.25, -0.2) is 9.59 Å². The Hall–Kier alpha value is -3.13. The van der Waals surface area contributed by atoms with Crippen molar-refractivity contribution in [2.75, 3.05) is 6.54 Å². The smallest absolute Gasteiger partial charge is 0.356 e. The highest BCUT2D eigenvalue weighted by atomic mass is 79.9. The summed E-state index contributed by atoms with van der Waals surface area (Å²) in [6.07, 6.45) is 0. The van der Waals surface area contributed by atoms with Gasteiger partial charge in [-0.3, -0.25) is 9.69 Å². The minimum Gasteiger partial charge on any atom is -0.456 e. The number of fused-ring (bicyclic) bond motifs is 1. The zero-order valence-electron chi connectivity index (χ0n) is 15.6. The first-order valence-electron chi connectivity index (χ1n) is 9.08. The number of nitrogens with zero attached hydrogens (tertiary/aromatic N) is 1. The Balaban J connectivity index is 1.65. The van der Waals surface area contributed by atoms with Gasteiger partial charge >= 0.3 is 12.0 Å². The van der Waals surface area contributed by atoms with Gasteiger partial charge in [-0.05, 0) is 34.0 Å². The molecule has 0 saturated carbocycles. The van der Waals surface area contributed by atoms with Gasteiger partial charge in [0.2, 0.25) is 0 Å². The molecule has 0 bridgehead atoms. The molecule has 4 rings (SSSR count).